The smallest absolute Gasteiger partial charge is 0.193 e. The van der Waals surface area contributed by atoms with Crippen LogP contribution < -0.4 is 0 Å². The van der Waals surface area contributed by atoms with Crippen LogP contribution in [0.15, 0.2) is 12.3 Å². The monoisotopic (exact) mass is 213 g/mol. The largest absolute Gasteiger partial charge is 0.216 e. The summed E-state index contributed by atoms with van der Waals surface area (Å²) in [5, 5.41) is 21.1. The first-order chi connectivity index (χ1) is 7.65. The van der Waals surface area contributed by atoms with E-state index in [1.807, 2.05) is 20.8 Å². The Morgan fingerprint density at radius 2 is 2.06 bits per heavy atom. The van der Waals surface area contributed by atoms with Crippen molar-refractivity contribution >= 4 is 0 Å². The highest BCUT2D eigenvalue weighted by atomic mass is 15.3. The van der Waals surface area contributed by atoms with Crippen LogP contribution in [-0.4, -0.2) is 20.0 Å². The number of hydrogen-bond donors (Lipinski definition) is 0. The molecule has 0 unspecified atom stereocenters. The third-order valence-corrected chi connectivity index (χ3v) is 2.68. The summed E-state index contributed by atoms with van der Waals surface area (Å²) in [5.41, 5.74) is 3.50. The summed E-state index contributed by atoms with van der Waals surface area (Å²) in [5.74, 6) is 0.485. The normalized spacial score (nSPS) is 10.1. The molecular formula is C11H11N5. The van der Waals surface area contributed by atoms with E-state index in [0.29, 0.717) is 11.4 Å². The molecule has 2 heterocycles. The first-order valence-corrected chi connectivity index (χ1v) is 4.90. The van der Waals surface area contributed by atoms with Gasteiger partial charge in [0.2, 0.25) is 0 Å². The molecule has 2 rings (SSSR count). The maximum absolute atomic E-state index is 8.99. The molecule has 0 N–H and O–H groups in total. The molecule has 5 nitrogen and oxygen atoms in total. The first-order valence-electron chi connectivity index (χ1n) is 4.90. The molecule has 80 valence electrons. The van der Waals surface area contributed by atoms with Crippen LogP contribution in [-0.2, 0) is 0 Å². The van der Waals surface area contributed by atoms with Gasteiger partial charge in [-0.15, -0.1) is 5.10 Å². The zero-order valence-corrected chi connectivity index (χ0v) is 9.39. The van der Waals surface area contributed by atoms with Gasteiger partial charge in [0.25, 0.3) is 0 Å². The lowest BCUT2D eigenvalue weighted by molar-refractivity contribution is 0.778. The summed E-state index contributed by atoms with van der Waals surface area (Å²) in [7, 11) is 0. The molecule has 0 bridgehead atoms. The summed E-state index contributed by atoms with van der Waals surface area (Å²) in [4.78, 5) is 0. The number of aromatic nitrogens is 4. The van der Waals surface area contributed by atoms with Crippen LogP contribution in [0.1, 0.15) is 22.5 Å². The Morgan fingerprint density at radius 3 is 2.62 bits per heavy atom. The van der Waals surface area contributed by atoms with Crippen molar-refractivity contribution in [3.63, 3.8) is 0 Å². The fraction of sp³-hybridized carbons (Fsp3) is 0.273. The molecule has 16 heavy (non-hydrogen) atoms. The summed E-state index contributed by atoms with van der Waals surface area (Å²) < 4.78 is 1.66. The van der Waals surface area contributed by atoms with E-state index in [0.717, 1.165) is 17.0 Å². The summed E-state index contributed by atoms with van der Waals surface area (Å²) in [6, 6.07) is 3.72. The van der Waals surface area contributed by atoms with Crippen LogP contribution in [0.3, 0.4) is 0 Å². The van der Waals surface area contributed by atoms with E-state index in [-0.39, 0.29) is 0 Å². The van der Waals surface area contributed by atoms with Crippen molar-refractivity contribution in [2.75, 3.05) is 0 Å². The topological polar surface area (TPSA) is 67.4 Å². The van der Waals surface area contributed by atoms with Crippen LogP contribution in [0, 0.1) is 32.1 Å². The van der Waals surface area contributed by atoms with E-state index in [9.17, 15) is 0 Å². The van der Waals surface area contributed by atoms with Gasteiger partial charge in [0.1, 0.15) is 11.6 Å². The van der Waals surface area contributed by atoms with Crippen molar-refractivity contribution in [3.8, 4) is 11.9 Å². The standard InChI is InChI=1S/C11H11N5/c1-7-8(2)15-16(9(7)3)11-10(6-12)4-5-13-14-11/h4-5H,1-3H3. The number of hydrogen-bond acceptors (Lipinski definition) is 4. The average Bonchev–Trinajstić information content (AvgIpc) is 2.57. The van der Waals surface area contributed by atoms with Gasteiger partial charge in [0, 0.05) is 5.69 Å². The van der Waals surface area contributed by atoms with Gasteiger partial charge >= 0.3 is 0 Å². The van der Waals surface area contributed by atoms with Crippen molar-refractivity contribution < 1.29 is 0 Å². The molecule has 0 saturated carbocycles. The molecule has 0 radical (unpaired) electrons. The number of nitriles is 1. The van der Waals surface area contributed by atoms with Crippen molar-refractivity contribution in [1.82, 2.24) is 20.0 Å². The Kier molecular flexibility index (Phi) is 2.41. The number of aryl methyl sites for hydroxylation is 1. The molecule has 2 aromatic heterocycles. The van der Waals surface area contributed by atoms with Gasteiger partial charge in [-0.25, -0.2) is 4.68 Å². The van der Waals surface area contributed by atoms with Crippen LogP contribution >= 0.6 is 0 Å². The molecule has 0 aliphatic rings. The van der Waals surface area contributed by atoms with E-state index in [1.54, 1.807) is 10.7 Å². The highest BCUT2D eigenvalue weighted by molar-refractivity contribution is 5.43. The van der Waals surface area contributed by atoms with Gasteiger partial charge in [-0.3, -0.25) is 0 Å². The lowest BCUT2D eigenvalue weighted by Gasteiger charge is -2.03. The Morgan fingerprint density at radius 1 is 1.31 bits per heavy atom. The molecule has 5 heteroatoms. The summed E-state index contributed by atoms with van der Waals surface area (Å²) in [6.45, 7) is 5.88. The number of nitrogens with zero attached hydrogens (tertiary/aromatic N) is 5. The minimum absolute atomic E-state index is 0.473. The van der Waals surface area contributed by atoms with Gasteiger partial charge in [0.05, 0.1) is 11.9 Å². The molecule has 2 aromatic rings. The molecule has 0 atom stereocenters. The van der Waals surface area contributed by atoms with Gasteiger partial charge in [-0.1, -0.05) is 0 Å². The Balaban J connectivity index is 2.69. The lowest BCUT2D eigenvalue weighted by atomic mass is 10.2. The van der Waals surface area contributed by atoms with Crippen LogP contribution in [0.5, 0.6) is 0 Å². The zero-order chi connectivity index (χ0) is 11.7. The second-order valence-electron chi connectivity index (χ2n) is 3.59. The maximum atomic E-state index is 8.99. The fourth-order valence-electron chi connectivity index (χ4n) is 1.49. The molecule has 0 amide bonds. The first kappa shape index (κ1) is 10.3. The predicted molar refractivity (Wildman–Crippen MR) is 58.1 cm³/mol. The zero-order valence-electron chi connectivity index (χ0n) is 9.39. The highest BCUT2D eigenvalue weighted by Gasteiger charge is 2.13. The molecule has 0 aromatic carbocycles. The van der Waals surface area contributed by atoms with E-state index >= 15 is 0 Å². The fourth-order valence-corrected chi connectivity index (χ4v) is 1.49. The van der Waals surface area contributed by atoms with E-state index < -0.39 is 0 Å². The van der Waals surface area contributed by atoms with Crippen molar-refractivity contribution in [2.24, 2.45) is 0 Å². The van der Waals surface area contributed by atoms with Gasteiger partial charge in [-0.05, 0) is 32.4 Å². The van der Waals surface area contributed by atoms with Crippen LogP contribution in [0.2, 0.25) is 0 Å². The van der Waals surface area contributed by atoms with Crippen molar-refractivity contribution in [2.45, 2.75) is 20.8 Å². The van der Waals surface area contributed by atoms with E-state index in [2.05, 4.69) is 21.4 Å². The number of rotatable bonds is 1. The van der Waals surface area contributed by atoms with Crippen LogP contribution in [0.4, 0.5) is 0 Å². The van der Waals surface area contributed by atoms with E-state index in [4.69, 9.17) is 5.26 Å². The van der Waals surface area contributed by atoms with Gasteiger partial charge in [-0.2, -0.15) is 15.5 Å². The van der Waals surface area contributed by atoms with Crippen molar-refractivity contribution in [3.05, 3.63) is 34.8 Å². The second kappa shape index (κ2) is 3.74. The second-order valence-corrected chi connectivity index (χ2v) is 3.59. The van der Waals surface area contributed by atoms with Crippen LogP contribution in [0.25, 0.3) is 5.82 Å². The average molecular weight is 213 g/mol. The predicted octanol–water partition coefficient (Wildman–Crippen LogP) is 1.46. The minimum atomic E-state index is 0.473. The molecule has 0 aliphatic heterocycles. The van der Waals surface area contributed by atoms with Crippen molar-refractivity contribution in [1.29, 1.82) is 5.26 Å². The quantitative estimate of drug-likeness (QED) is 0.719. The van der Waals surface area contributed by atoms with Gasteiger partial charge < -0.3 is 0 Å². The van der Waals surface area contributed by atoms with E-state index in [1.165, 1.54) is 6.20 Å². The lowest BCUT2D eigenvalue weighted by Crippen LogP contribution is -2.05. The SMILES string of the molecule is Cc1nn(-c2nnccc2C#N)c(C)c1C. The maximum Gasteiger partial charge on any atom is 0.193 e. The third-order valence-electron chi connectivity index (χ3n) is 2.68. The molecule has 0 saturated heterocycles. The third kappa shape index (κ3) is 1.44. The minimum Gasteiger partial charge on any atom is -0.216 e. The molecule has 0 fully saturated rings. The Labute approximate surface area is 93.4 Å². The Hall–Kier alpha value is -2.22. The molecule has 0 spiro atoms. The molecule has 0 aliphatic carbocycles. The Bertz CT molecular complexity index is 577. The molecular weight excluding hydrogens is 202 g/mol. The summed E-state index contributed by atoms with van der Waals surface area (Å²) in [6.07, 6.45) is 1.50. The summed E-state index contributed by atoms with van der Waals surface area (Å²) >= 11 is 0. The highest BCUT2D eigenvalue weighted by Crippen LogP contribution is 2.16. The van der Waals surface area contributed by atoms with Gasteiger partial charge in [0.15, 0.2) is 5.82 Å².